The summed E-state index contributed by atoms with van der Waals surface area (Å²) < 4.78 is 7.08. The van der Waals surface area contributed by atoms with Gasteiger partial charge in [-0.1, -0.05) is 97.1 Å². The lowest BCUT2D eigenvalue weighted by Gasteiger charge is -2.27. The molecular weight excluding hydrogens is 647 g/mol. The van der Waals surface area contributed by atoms with Crippen LogP contribution in [0.15, 0.2) is 151 Å². The van der Waals surface area contributed by atoms with E-state index >= 15 is 0 Å². The van der Waals surface area contributed by atoms with Gasteiger partial charge in [0.2, 0.25) is 0 Å². The number of fused-ring (bicyclic) bond motifs is 11. The first-order valence-corrected chi connectivity index (χ1v) is 18.2. The van der Waals surface area contributed by atoms with E-state index in [1.54, 1.807) is 0 Å². The topological polar surface area (TPSA) is 62.4 Å². The Balaban J connectivity index is 1.19. The van der Waals surface area contributed by atoms with Crippen LogP contribution >= 0.6 is 0 Å². The van der Waals surface area contributed by atoms with Crippen LogP contribution in [0.4, 0.5) is 0 Å². The standard InChI is InChI=1S/C48H31N5/c49-28-31-25-33(27-47(40(31)29-50)53-43-19-9-5-15-37(43)38-16-6-10-20-44(38)53)52-45-24-22-32(26-39(45)48-34-12-2-1-11-30(34)21-23-46(48)52)51-41-17-7-3-13-35(41)36-14-4-8-18-42(36)51/h1-7,9-17,19-26,47H,8,18,27H2. The summed E-state index contributed by atoms with van der Waals surface area (Å²) in [6.45, 7) is 0. The van der Waals surface area contributed by atoms with Crippen molar-refractivity contribution < 1.29 is 0 Å². The number of hydrogen-bond acceptors (Lipinski definition) is 2. The molecule has 0 saturated heterocycles. The molecule has 53 heavy (non-hydrogen) atoms. The maximum Gasteiger partial charge on any atom is 0.100 e. The predicted octanol–water partition coefficient (Wildman–Crippen LogP) is 11.8. The van der Waals surface area contributed by atoms with E-state index in [2.05, 4.69) is 165 Å². The molecule has 0 N–H and O–H groups in total. The Morgan fingerprint density at radius 3 is 2.00 bits per heavy atom. The number of benzene rings is 6. The van der Waals surface area contributed by atoms with Crippen LogP contribution in [0, 0.1) is 22.7 Å². The molecule has 0 bridgehead atoms. The SMILES string of the molecule is N#CC1=C(C#N)C(n2c3ccccc3c3ccccc32)CC(n2c3ccc(-n4c5c(c6ccccc64)C=CCC5)cc3c3c4ccccc4ccc32)=C1. The molecule has 248 valence electrons. The number of hydrogen-bond donors (Lipinski definition) is 0. The molecule has 0 amide bonds. The largest absolute Gasteiger partial charge is 0.332 e. The maximum absolute atomic E-state index is 10.7. The van der Waals surface area contributed by atoms with Gasteiger partial charge in [0.1, 0.15) is 6.07 Å². The van der Waals surface area contributed by atoms with Gasteiger partial charge in [-0.25, -0.2) is 0 Å². The van der Waals surface area contributed by atoms with Crippen molar-refractivity contribution in [2.75, 3.05) is 0 Å². The van der Waals surface area contributed by atoms with Crippen molar-refractivity contribution in [1.29, 1.82) is 10.5 Å². The van der Waals surface area contributed by atoms with Crippen LogP contribution in [0.3, 0.4) is 0 Å². The normalized spacial score (nSPS) is 15.8. The summed E-state index contributed by atoms with van der Waals surface area (Å²) in [6.07, 6.45) is 9.09. The molecule has 9 aromatic rings. The van der Waals surface area contributed by atoms with Crippen LogP contribution in [-0.4, -0.2) is 13.7 Å². The quantitative estimate of drug-likeness (QED) is 0.187. The summed E-state index contributed by atoms with van der Waals surface area (Å²) in [7, 11) is 0. The number of para-hydroxylation sites is 3. The second kappa shape index (κ2) is 11.2. The molecule has 2 aliphatic carbocycles. The van der Waals surface area contributed by atoms with Crippen LogP contribution in [0.5, 0.6) is 0 Å². The second-order valence-corrected chi connectivity index (χ2v) is 14.2. The van der Waals surface area contributed by atoms with Crippen LogP contribution < -0.4 is 0 Å². The minimum absolute atomic E-state index is 0.363. The highest BCUT2D eigenvalue weighted by atomic mass is 15.1. The minimum Gasteiger partial charge on any atom is -0.332 e. The average molecular weight is 678 g/mol. The number of allylic oxidation sites excluding steroid dienone is 5. The average Bonchev–Trinajstić information content (AvgIpc) is 3.86. The highest BCUT2D eigenvalue weighted by molar-refractivity contribution is 6.22. The fourth-order valence-electron chi connectivity index (χ4n) is 9.37. The molecule has 0 saturated carbocycles. The lowest BCUT2D eigenvalue weighted by atomic mass is 9.91. The maximum atomic E-state index is 10.7. The summed E-state index contributed by atoms with van der Waals surface area (Å²) in [6, 6.07) is 49.9. The van der Waals surface area contributed by atoms with Gasteiger partial charge in [0, 0.05) is 67.0 Å². The van der Waals surface area contributed by atoms with E-state index in [0.717, 1.165) is 62.5 Å². The molecule has 1 atom stereocenters. The van der Waals surface area contributed by atoms with Crippen LogP contribution in [0.2, 0.25) is 0 Å². The Morgan fingerprint density at radius 2 is 1.25 bits per heavy atom. The fourth-order valence-corrected chi connectivity index (χ4v) is 9.37. The molecule has 11 rings (SSSR count). The molecule has 6 aromatic carbocycles. The number of nitriles is 2. The Labute approximate surface area is 305 Å². The van der Waals surface area contributed by atoms with E-state index in [4.69, 9.17) is 0 Å². The van der Waals surface area contributed by atoms with Crippen molar-refractivity contribution in [1.82, 2.24) is 13.7 Å². The molecule has 0 aliphatic heterocycles. The van der Waals surface area contributed by atoms with E-state index in [9.17, 15) is 10.5 Å². The molecule has 2 aliphatic rings. The van der Waals surface area contributed by atoms with E-state index < -0.39 is 0 Å². The summed E-state index contributed by atoms with van der Waals surface area (Å²) in [4.78, 5) is 0. The van der Waals surface area contributed by atoms with Crippen molar-refractivity contribution in [3.63, 3.8) is 0 Å². The molecule has 0 radical (unpaired) electrons. The number of nitrogens with zero attached hydrogens (tertiary/aromatic N) is 5. The van der Waals surface area contributed by atoms with Gasteiger partial charge in [0.25, 0.3) is 0 Å². The smallest absolute Gasteiger partial charge is 0.100 e. The van der Waals surface area contributed by atoms with Crippen LogP contribution in [-0.2, 0) is 6.42 Å². The molecule has 0 fully saturated rings. The van der Waals surface area contributed by atoms with Gasteiger partial charge in [-0.05, 0) is 72.2 Å². The molecule has 5 heteroatoms. The van der Waals surface area contributed by atoms with Gasteiger partial charge >= 0.3 is 0 Å². The molecule has 0 spiro atoms. The monoisotopic (exact) mass is 677 g/mol. The molecule has 3 aromatic heterocycles. The first-order chi connectivity index (χ1) is 26.2. The third-order valence-electron chi connectivity index (χ3n) is 11.5. The lowest BCUT2D eigenvalue weighted by Crippen LogP contribution is -2.18. The van der Waals surface area contributed by atoms with Gasteiger partial charge in [-0.15, -0.1) is 0 Å². The Kier molecular flexibility index (Phi) is 6.27. The Bertz CT molecular complexity index is 3180. The highest BCUT2D eigenvalue weighted by Gasteiger charge is 2.31. The zero-order chi connectivity index (χ0) is 35.2. The molecule has 1 unspecified atom stereocenters. The molecular formula is C48H31N5. The van der Waals surface area contributed by atoms with Gasteiger partial charge in [-0.2, -0.15) is 10.5 Å². The Morgan fingerprint density at radius 1 is 0.585 bits per heavy atom. The van der Waals surface area contributed by atoms with E-state index in [1.807, 2.05) is 6.08 Å². The van der Waals surface area contributed by atoms with Crippen molar-refractivity contribution in [3.8, 4) is 17.8 Å². The van der Waals surface area contributed by atoms with Gasteiger partial charge in [0.05, 0.1) is 39.8 Å². The van der Waals surface area contributed by atoms with Crippen molar-refractivity contribution >= 4 is 77.1 Å². The van der Waals surface area contributed by atoms with E-state index in [-0.39, 0.29) is 6.04 Å². The van der Waals surface area contributed by atoms with Gasteiger partial charge < -0.3 is 13.7 Å². The van der Waals surface area contributed by atoms with Crippen molar-refractivity contribution in [2.24, 2.45) is 0 Å². The zero-order valence-corrected chi connectivity index (χ0v) is 28.8. The van der Waals surface area contributed by atoms with Crippen LogP contribution in [0.1, 0.15) is 30.1 Å². The second-order valence-electron chi connectivity index (χ2n) is 14.2. The third kappa shape index (κ3) is 4.11. The van der Waals surface area contributed by atoms with Crippen LogP contribution in [0.25, 0.3) is 82.7 Å². The number of rotatable bonds is 3. The zero-order valence-electron chi connectivity index (χ0n) is 28.8. The van der Waals surface area contributed by atoms with Gasteiger partial charge in [-0.3, -0.25) is 0 Å². The van der Waals surface area contributed by atoms with Gasteiger partial charge in [0.15, 0.2) is 0 Å². The van der Waals surface area contributed by atoms with E-state index in [1.165, 1.54) is 38.3 Å². The predicted molar refractivity (Wildman–Crippen MR) is 217 cm³/mol. The summed E-state index contributed by atoms with van der Waals surface area (Å²) in [5, 5.41) is 29.5. The first kappa shape index (κ1) is 29.6. The summed E-state index contributed by atoms with van der Waals surface area (Å²) >= 11 is 0. The first-order valence-electron chi connectivity index (χ1n) is 18.2. The molecule has 5 nitrogen and oxygen atoms in total. The minimum atomic E-state index is -0.363. The third-order valence-corrected chi connectivity index (χ3v) is 11.5. The highest BCUT2D eigenvalue weighted by Crippen LogP contribution is 2.45. The summed E-state index contributed by atoms with van der Waals surface area (Å²) in [5.74, 6) is 0. The fraction of sp³-hybridized carbons (Fsp3) is 0.0833. The number of aromatic nitrogens is 3. The lowest BCUT2D eigenvalue weighted by molar-refractivity contribution is 0.621. The van der Waals surface area contributed by atoms with Crippen molar-refractivity contribution in [2.45, 2.75) is 25.3 Å². The molecule has 3 heterocycles. The summed E-state index contributed by atoms with van der Waals surface area (Å²) in [5.41, 5.74) is 11.2. The van der Waals surface area contributed by atoms with E-state index in [0.29, 0.717) is 17.6 Å². The Hall–Kier alpha value is -7.08. The van der Waals surface area contributed by atoms with Crippen molar-refractivity contribution in [3.05, 3.63) is 162 Å².